The second-order valence-corrected chi connectivity index (χ2v) is 7.85. The van der Waals surface area contributed by atoms with E-state index in [-0.39, 0.29) is 12.0 Å². The smallest absolute Gasteiger partial charge is 0.251 e. The lowest BCUT2D eigenvalue weighted by Gasteiger charge is -2.08. The number of aromatic nitrogens is 1. The van der Waals surface area contributed by atoms with Crippen molar-refractivity contribution in [3.63, 3.8) is 0 Å². The predicted octanol–water partition coefficient (Wildman–Crippen LogP) is 4.29. The van der Waals surface area contributed by atoms with E-state index in [0.717, 1.165) is 22.2 Å². The van der Waals surface area contributed by atoms with E-state index < -0.39 is 0 Å². The molecule has 0 radical (unpaired) electrons. The van der Waals surface area contributed by atoms with Gasteiger partial charge in [0, 0.05) is 35.5 Å². The van der Waals surface area contributed by atoms with Gasteiger partial charge >= 0.3 is 0 Å². The zero-order valence-corrected chi connectivity index (χ0v) is 16.0. The molecule has 2 rings (SSSR count). The van der Waals surface area contributed by atoms with E-state index in [0.29, 0.717) is 18.7 Å². The van der Waals surface area contributed by atoms with Crippen molar-refractivity contribution in [3.8, 4) is 0 Å². The molecule has 0 bridgehead atoms. The number of carbonyl (C=O) groups is 1. The molecule has 0 aliphatic heterocycles. The van der Waals surface area contributed by atoms with Gasteiger partial charge in [-0.05, 0) is 44.9 Å². The Labute approximate surface area is 152 Å². The Morgan fingerprint density at radius 2 is 2.08 bits per heavy atom. The summed E-state index contributed by atoms with van der Waals surface area (Å²) < 4.78 is 6.53. The quantitative estimate of drug-likeness (QED) is 0.533. The maximum Gasteiger partial charge on any atom is 0.251 e. The van der Waals surface area contributed by atoms with Gasteiger partial charge in [0.05, 0.1) is 6.10 Å². The van der Waals surface area contributed by atoms with Crippen molar-refractivity contribution in [2.45, 2.75) is 43.4 Å². The van der Waals surface area contributed by atoms with Crippen LogP contribution < -0.4 is 5.32 Å². The average molecular weight is 365 g/mol. The molecule has 0 aliphatic carbocycles. The number of ether oxygens (including phenoxy) is 1. The molecule has 6 heteroatoms. The number of hydrogen-bond donors (Lipinski definition) is 1. The van der Waals surface area contributed by atoms with E-state index in [2.05, 4.69) is 15.7 Å². The minimum absolute atomic E-state index is 0.0331. The molecule has 0 saturated carbocycles. The standard InChI is InChI=1S/C18H24N2O2S2/c1-13(2)22-10-4-9-19-17(21)16-7-5-15(6-8-16)12-24-18-20-14(3)11-23-18/h5-8,11,13H,4,9-10,12H2,1-3H3,(H,19,21). The van der Waals surface area contributed by atoms with Crippen LogP contribution in [-0.2, 0) is 10.5 Å². The summed E-state index contributed by atoms with van der Waals surface area (Å²) in [6.45, 7) is 7.32. The lowest BCUT2D eigenvalue weighted by atomic mass is 10.1. The van der Waals surface area contributed by atoms with E-state index >= 15 is 0 Å². The summed E-state index contributed by atoms with van der Waals surface area (Å²) in [4.78, 5) is 16.5. The summed E-state index contributed by atoms with van der Waals surface area (Å²) in [5.41, 5.74) is 2.95. The van der Waals surface area contributed by atoms with Gasteiger partial charge < -0.3 is 10.1 Å². The number of nitrogens with zero attached hydrogens (tertiary/aromatic N) is 1. The SMILES string of the molecule is Cc1csc(SCc2ccc(C(=O)NCCCOC(C)C)cc2)n1. The molecule has 1 aromatic carbocycles. The molecule has 0 saturated heterocycles. The fourth-order valence-corrected chi connectivity index (χ4v) is 3.80. The number of hydrogen-bond acceptors (Lipinski definition) is 5. The lowest BCUT2D eigenvalue weighted by molar-refractivity contribution is 0.0757. The fraction of sp³-hybridized carbons (Fsp3) is 0.444. The van der Waals surface area contributed by atoms with Crippen LogP contribution in [0.1, 0.15) is 41.9 Å². The van der Waals surface area contributed by atoms with Crippen LogP contribution in [0.15, 0.2) is 34.0 Å². The fourth-order valence-electron chi connectivity index (χ4n) is 1.99. The number of rotatable bonds is 9. The molecule has 24 heavy (non-hydrogen) atoms. The van der Waals surface area contributed by atoms with E-state index in [1.54, 1.807) is 23.1 Å². The maximum atomic E-state index is 12.1. The number of thiazole rings is 1. The van der Waals surface area contributed by atoms with E-state index in [1.807, 2.05) is 45.0 Å². The van der Waals surface area contributed by atoms with Crippen LogP contribution in [0.2, 0.25) is 0 Å². The van der Waals surface area contributed by atoms with Crippen LogP contribution in [0, 0.1) is 6.92 Å². The van der Waals surface area contributed by atoms with E-state index in [9.17, 15) is 4.79 Å². The predicted molar refractivity (Wildman–Crippen MR) is 101 cm³/mol. The third-order valence-electron chi connectivity index (χ3n) is 3.23. The molecule has 0 fully saturated rings. The van der Waals surface area contributed by atoms with Gasteiger partial charge in [0.1, 0.15) is 4.34 Å². The first-order valence-electron chi connectivity index (χ1n) is 8.08. The summed E-state index contributed by atoms with van der Waals surface area (Å²) in [6.07, 6.45) is 1.06. The molecule has 0 spiro atoms. The highest BCUT2D eigenvalue weighted by Crippen LogP contribution is 2.26. The molecule has 1 N–H and O–H groups in total. The molecule has 0 atom stereocenters. The van der Waals surface area contributed by atoms with Crippen LogP contribution in [-0.4, -0.2) is 30.1 Å². The molecular formula is C18H24N2O2S2. The minimum atomic E-state index is -0.0331. The first kappa shape index (κ1) is 19.0. The van der Waals surface area contributed by atoms with Gasteiger partial charge in [-0.3, -0.25) is 4.79 Å². The Morgan fingerprint density at radius 3 is 2.71 bits per heavy atom. The molecule has 130 valence electrons. The van der Waals surface area contributed by atoms with Gasteiger partial charge in [0.25, 0.3) is 5.91 Å². The third-order valence-corrected chi connectivity index (χ3v) is 5.44. The number of carbonyl (C=O) groups excluding carboxylic acids is 1. The van der Waals surface area contributed by atoms with Crippen molar-refractivity contribution in [2.24, 2.45) is 0 Å². The van der Waals surface area contributed by atoms with Gasteiger partial charge in [-0.1, -0.05) is 23.9 Å². The van der Waals surface area contributed by atoms with Crippen molar-refractivity contribution >= 4 is 29.0 Å². The Kier molecular flexibility index (Phi) is 7.75. The van der Waals surface area contributed by atoms with Gasteiger partial charge in [0.2, 0.25) is 0 Å². The van der Waals surface area contributed by atoms with E-state index in [1.165, 1.54) is 5.56 Å². The van der Waals surface area contributed by atoms with Crippen molar-refractivity contribution in [3.05, 3.63) is 46.5 Å². The van der Waals surface area contributed by atoms with Crippen LogP contribution in [0.3, 0.4) is 0 Å². The zero-order valence-electron chi connectivity index (χ0n) is 14.4. The largest absolute Gasteiger partial charge is 0.379 e. The Hall–Kier alpha value is -1.37. The minimum Gasteiger partial charge on any atom is -0.379 e. The molecule has 0 unspecified atom stereocenters. The van der Waals surface area contributed by atoms with Crippen molar-refractivity contribution in [1.82, 2.24) is 10.3 Å². The number of aryl methyl sites for hydroxylation is 1. The van der Waals surface area contributed by atoms with Crippen molar-refractivity contribution < 1.29 is 9.53 Å². The highest BCUT2D eigenvalue weighted by molar-refractivity contribution is 8.00. The normalized spacial score (nSPS) is 11.0. The Morgan fingerprint density at radius 1 is 1.33 bits per heavy atom. The van der Waals surface area contributed by atoms with Crippen LogP contribution in [0.25, 0.3) is 0 Å². The van der Waals surface area contributed by atoms with Gasteiger partial charge in [0.15, 0.2) is 0 Å². The second-order valence-electron chi connectivity index (χ2n) is 5.77. The monoisotopic (exact) mass is 364 g/mol. The van der Waals surface area contributed by atoms with Gasteiger partial charge in [-0.2, -0.15) is 0 Å². The molecular weight excluding hydrogens is 340 g/mol. The first-order valence-corrected chi connectivity index (χ1v) is 9.95. The maximum absolute atomic E-state index is 12.1. The number of thioether (sulfide) groups is 1. The molecule has 1 aromatic heterocycles. The average Bonchev–Trinajstić information content (AvgIpc) is 2.98. The molecule has 2 aromatic rings. The Bertz CT molecular complexity index is 639. The first-order chi connectivity index (χ1) is 11.5. The molecule has 1 amide bonds. The van der Waals surface area contributed by atoms with Crippen molar-refractivity contribution in [2.75, 3.05) is 13.2 Å². The van der Waals surface area contributed by atoms with Gasteiger partial charge in [-0.25, -0.2) is 4.98 Å². The lowest BCUT2D eigenvalue weighted by Crippen LogP contribution is -2.25. The highest BCUT2D eigenvalue weighted by atomic mass is 32.2. The van der Waals surface area contributed by atoms with E-state index in [4.69, 9.17) is 4.74 Å². The van der Waals surface area contributed by atoms with Crippen molar-refractivity contribution in [1.29, 1.82) is 0 Å². The van der Waals surface area contributed by atoms with Gasteiger partial charge in [-0.15, -0.1) is 11.3 Å². The summed E-state index contributed by atoms with van der Waals surface area (Å²) in [6, 6.07) is 7.76. The van der Waals surface area contributed by atoms with Crippen LogP contribution >= 0.6 is 23.1 Å². The highest BCUT2D eigenvalue weighted by Gasteiger charge is 2.06. The molecule has 1 heterocycles. The summed E-state index contributed by atoms with van der Waals surface area (Å²) in [5.74, 6) is 0.829. The molecule has 0 aliphatic rings. The number of benzene rings is 1. The second kappa shape index (κ2) is 9.81. The Balaban J connectivity index is 1.73. The summed E-state index contributed by atoms with van der Waals surface area (Å²) in [5, 5.41) is 4.98. The number of amides is 1. The zero-order chi connectivity index (χ0) is 17.4. The third kappa shape index (κ3) is 6.63. The summed E-state index contributed by atoms with van der Waals surface area (Å²) >= 11 is 3.39. The summed E-state index contributed by atoms with van der Waals surface area (Å²) in [7, 11) is 0. The van der Waals surface area contributed by atoms with Crippen LogP contribution in [0.5, 0.6) is 0 Å². The molecule has 4 nitrogen and oxygen atoms in total. The topological polar surface area (TPSA) is 51.2 Å². The number of nitrogens with one attached hydrogen (secondary N) is 1. The van der Waals surface area contributed by atoms with Crippen LogP contribution in [0.4, 0.5) is 0 Å².